The van der Waals surface area contributed by atoms with Crippen molar-refractivity contribution in [2.45, 2.75) is 0 Å². The molecule has 0 saturated heterocycles. The Balaban J connectivity index is -0.00000000300. The Morgan fingerprint density at radius 2 is 0.500 bits per heavy atom. The van der Waals surface area contributed by atoms with Crippen molar-refractivity contribution in [2.75, 3.05) is 0 Å². The Kier molecular flexibility index (Phi) is 257. The van der Waals surface area contributed by atoms with E-state index in [2.05, 4.69) is 0 Å². The molecule has 0 aromatic heterocycles. The zero-order valence-electron chi connectivity index (χ0n) is 4.63. The summed E-state index contributed by atoms with van der Waals surface area (Å²) in [5.41, 5.74) is 0. The topological polar surface area (TPSA) is 189 Å². The van der Waals surface area contributed by atoms with Gasteiger partial charge in [0.25, 0.3) is 0 Å². The van der Waals surface area contributed by atoms with Gasteiger partial charge in [-0.05, 0) is 0 Å². The summed E-state index contributed by atoms with van der Waals surface area (Å²) in [7, 11) is 0. The van der Waals surface area contributed by atoms with Gasteiger partial charge in [-0.2, -0.15) is 0 Å². The predicted octanol–water partition coefficient (Wildman–Crippen LogP) is -2.88. The van der Waals surface area contributed by atoms with Gasteiger partial charge < -0.3 is 32.9 Å². The predicted molar refractivity (Wildman–Crippen MR) is 39.2 cm³/mol. The van der Waals surface area contributed by atoms with E-state index in [9.17, 15) is 0 Å². The number of hydrogen-bond donors (Lipinski definition) is 0. The Morgan fingerprint density at radius 1 is 0.500 bits per heavy atom. The van der Waals surface area contributed by atoms with Crippen molar-refractivity contribution >= 4 is 17.4 Å². The molecule has 0 fully saturated rings. The third-order valence-corrected chi connectivity index (χ3v) is 0. The third kappa shape index (κ3) is 205. The molecule has 12 N–H and O–H groups in total. The molecule has 0 heterocycles. The van der Waals surface area contributed by atoms with Gasteiger partial charge in [0.1, 0.15) is 0 Å². The van der Waals surface area contributed by atoms with Gasteiger partial charge >= 0.3 is 47.3 Å². The molecule has 0 aliphatic rings. The fourth-order valence-corrected chi connectivity index (χ4v) is 0. The summed E-state index contributed by atoms with van der Waals surface area (Å²) in [5, 5.41) is 0. The van der Waals surface area contributed by atoms with Crippen molar-refractivity contribution in [2.24, 2.45) is 0 Å². The van der Waals surface area contributed by atoms with Crippen LogP contribution in [-0.2, 0) is 0 Å². The molecule has 0 aliphatic heterocycles. The zero-order chi connectivity index (χ0) is 3.58. The molecule has 0 aromatic rings. The van der Waals surface area contributed by atoms with E-state index in [1.54, 1.807) is 0 Å². The van der Waals surface area contributed by atoms with E-state index >= 15 is 0 Å². The second-order valence-corrected chi connectivity index (χ2v) is 14.3. The standard InChI is InChI=1S/3ClH.Nd.6H2O/h3*1H;;6*1H2/q;;;+3;;;;;;/p-3. The van der Waals surface area contributed by atoms with Crippen LogP contribution in [0.25, 0.3) is 0 Å². The molecule has 10 heteroatoms. The summed E-state index contributed by atoms with van der Waals surface area (Å²) in [6.07, 6.45) is 0. The fraction of sp³-hybridized carbons (Fsp3) is 0. The van der Waals surface area contributed by atoms with Crippen molar-refractivity contribution in [1.29, 1.82) is 0 Å². The maximum atomic E-state index is 5.02. The second-order valence-electron chi connectivity index (χ2n) is 0.214. The van der Waals surface area contributed by atoms with E-state index in [4.69, 9.17) is 17.4 Å². The Bertz CT molecular complexity index is 17.7. The van der Waals surface area contributed by atoms with Crippen molar-refractivity contribution in [3.63, 3.8) is 0 Å². The SMILES string of the molecule is O.O.O.O.O.O.[Cl][Nd]([Cl])[Cl]. The molecule has 10 heavy (non-hydrogen) atoms. The molecule has 6 nitrogen and oxygen atoms in total. The molecule has 0 spiro atoms. The molecule has 73 valence electrons. The Labute approximate surface area is 79.0 Å². The summed E-state index contributed by atoms with van der Waals surface area (Å²) in [6, 6.07) is 0. The first-order valence-corrected chi connectivity index (χ1v) is 12.6. The molecule has 0 aromatic carbocycles. The molecule has 0 amide bonds. The van der Waals surface area contributed by atoms with Crippen molar-refractivity contribution in [3.05, 3.63) is 0 Å². The van der Waals surface area contributed by atoms with Crippen molar-refractivity contribution < 1.29 is 62.8 Å². The molecule has 0 rings (SSSR count). The molecule has 0 aliphatic carbocycles. The summed E-state index contributed by atoms with van der Waals surface area (Å²) in [6.45, 7) is 0. The van der Waals surface area contributed by atoms with E-state index in [0.29, 0.717) is 0 Å². The quantitative estimate of drug-likeness (QED) is 0.430. The number of halogens is 3. The van der Waals surface area contributed by atoms with Gasteiger partial charge in [0.2, 0.25) is 0 Å². The minimum atomic E-state index is -2.24. The normalized spacial score (nSPS) is 2.70. The second kappa shape index (κ2) is 44.1. The number of hydrogen-bond acceptors (Lipinski definition) is 0. The van der Waals surface area contributed by atoms with E-state index in [0.717, 1.165) is 0 Å². The summed E-state index contributed by atoms with van der Waals surface area (Å²) >= 11 is -2.24. The van der Waals surface area contributed by atoms with Crippen molar-refractivity contribution in [3.8, 4) is 0 Å². The van der Waals surface area contributed by atoms with Gasteiger partial charge in [-0.25, -0.2) is 0 Å². The van der Waals surface area contributed by atoms with Gasteiger partial charge in [0.15, 0.2) is 0 Å². The first-order chi connectivity index (χ1) is 1.73. The van der Waals surface area contributed by atoms with Gasteiger partial charge in [0.05, 0.1) is 0 Å². The molecule has 0 atom stereocenters. The average Bonchev–Trinajstić information content (AvgIpc) is 0.811. The van der Waals surface area contributed by atoms with Crippen LogP contribution in [0.15, 0.2) is 0 Å². The third-order valence-electron chi connectivity index (χ3n) is 0. The summed E-state index contributed by atoms with van der Waals surface area (Å²) < 4.78 is 0. The van der Waals surface area contributed by atoms with Crippen LogP contribution in [0.2, 0.25) is 0 Å². The molecule has 0 radical (unpaired) electrons. The maximum absolute atomic E-state index is 5.02. The first kappa shape index (κ1) is 58.2. The van der Waals surface area contributed by atoms with Crippen LogP contribution in [-0.4, -0.2) is 32.9 Å². The average molecular weight is 359 g/mol. The van der Waals surface area contributed by atoms with Gasteiger partial charge in [-0.1, -0.05) is 0 Å². The Morgan fingerprint density at radius 3 is 0.500 bits per heavy atom. The van der Waals surface area contributed by atoms with Crippen LogP contribution < -0.4 is 0 Å². The van der Waals surface area contributed by atoms with Crippen LogP contribution in [0.4, 0.5) is 0 Å². The van der Waals surface area contributed by atoms with Gasteiger partial charge in [0, 0.05) is 0 Å². The van der Waals surface area contributed by atoms with E-state index < -0.39 is 29.9 Å². The minimum absolute atomic E-state index is 0. The van der Waals surface area contributed by atoms with E-state index in [1.807, 2.05) is 0 Å². The molecular weight excluding hydrogens is 347 g/mol. The van der Waals surface area contributed by atoms with Gasteiger partial charge in [-0.3, -0.25) is 0 Å². The van der Waals surface area contributed by atoms with E-state index in [1.165, 1.54) is 0 Å². The molecule has 0 bridgehead atoms. The zero-order valence-corrected chi connectivity index (χ0v) is 10.1. The molecular formula is H12Cl3NdO6. The fourth-order valence-electron chi connectivity index (χ4n) is 0. The number of rotatable bonds is 0. The monoisotopic (exact) mass is 355 g/mol. The Hall–Kier alpha value is 1.98. The molecule has 0 saturated carbocycles. The van der Waals surface area contributed by atoms with Crippen molar-refractivity contribution in [1.82, 2.24) is 0 Å². The van der Waals surface area contributed by atoms with Crippen LogP contribution >= 0.6 is 17.4 Å². The van der Waals surface area contributed by atoms with Crippen LogP contribution in [0.5, 0.6) is 0 Å². The van der Waals surface area contributed by atoms with Crippen LogP contribution in [0, 0.1) is 29.9 Å². The molecule has 0 unspecified atom stereocenters. The van der Waals surface area contributed by atoms with Gasteiger partial charge in [-0.15, -0.1) is 0 Å². The van der Waals surface area contributed by atoms with E-state index in [-0.39, 0.29) is 32.9 Å². The summed E-state index contributed by atoms with van der Waals surface area (Å²) in [5.74, 6) is 15.1. The summed E-state index contributed by atoms with van der Waals surface area (Å²) in [4.78, 5) is 0. The van der Waals surface area contributed by atoms with Crippen LogP contribution in [0.1, 0.15) is 0 Å². The van der Waals surface area contributed by atoms with Crippen LogP contribution in [0.3, 0.4) is 0 Å². The first-order valence-electron chi connectivity index (χ1n) is 0.567.